The molecule has 0 atom stereocenters. The Bertz CT molecular complexity index is 402. The van der Waals surface area contributed by atoms with E-state index in [9.17, 15) is 0 Å². The Morgan fingerprint density at radius 2 is 1.32 bits per heavy atom. The SMILES string of the molecule is C[NH2+]CCCC(c1ccccc1)c1ccccc1.[Cl-]. The van der Waals surface area contributed by atoms with Crippen LogP contribution in [0.1, 0.15) is 29.9 Å². The average molecular weight is 276 g/mol. The van der Waals surface area contributed by atoms with Gasteiger partial charge < -0.3 is 17.7 Å². The fourth-order valence-corrected chi connectivity index (χ4v) is 2.42. The molecule has 0 spiro atoms. The first-order valence-corrected chi connectivity index (χ1v) is 6.79. The molecule has 0 aliphatic rings. The zero-order valence-electron chi connectivity index (χ0n) is 11.4. The third-order valence-corrected chi connectivity index (χ3v) is 3.39. The van der Waals surface area contributed by atoms with E-state index in [-0.39, 0.29) is 12.4 Å². The lowest BCUT2D eigenvalue weighted by Crippen LogP contribution is -3.00. The lowest BCUT2D eigenvalue weighted by Gasteiger charge is -2.17. The van der Waals surface area contributed by atoms with Gasteiger partial charge in [-0.2, -0.15) is 0 Å². The lowest BCUT2D eigenvalue weighted by atomic mass is 9.87. The van der Waals surface area contributed by atoms with E-state index in [0.717, 1.165) is 0 Å². The van der Waals surface area contributed by atoms with Crippen molar-refractivity contribution in [2.75, 3.05) is 13.6 Å². The van der Waals surface area contributed by atoms with E-state index < -0.39 is 0 Å². The highest BCUT2D eigenvalue weighted by Gasteiger charge is 2.13. The summed E-state index contributed by atoms with van der Waals surface area (Å²) in [5, 5.41) is 2.26. The minimum atomic E-state index is 0. The van der Waals surface area contributed by atoms with Crippen molar-refractivity contribution in [3.63, 3.8) is 0 Å². The van der Waals surface area contributed by atoms with Crippen LogP contribution in [-0.4, -0.2) is 13.6 Å². The van der Waals surface area contributed by atoms with Gasteiger partial charge in [0, 0.05) is 5.92 Å². The Morgan fingerprint density at radius 1 is 0.842 bits per heavy atom. The molecule has 0 aromatic heterocycles. The molecule has 0 unspecified atom stereocenters. The predicted octanol–water partition coefficient (Wildman–Crippen LogP) is -0.204. The van der Waals surface area contributed by atoms with Crippen molar-refractivity contribution in [2.24, 2.45) is 0 Å². The second-order valence-electron chi connectivity index (χ2n) is 4.71. The molecule has 0 amide bonds. The predicted molar refractivity (Wildman–Crippen MR) is 76.7 cm³/mol. The largest absolute Gasteiger partial charge is 1.00 e. The molecular weight excluding hydrogens is 254 g/mol. The topological polar surface area (TPSA) is 16.6 Å². The van der Waals surface area contributed by atoms with Crippen LogP contribution in [0.5, 0.6) is 0 Å². The second kappa shape index (κ2) is 8.73. The Morgan fingerprint density at radius 3 is 1.74 bits per heavy atom. The summed E-state index contributed by atoms with van der Waals surface area (Å²) < 4.78 is 0. The minimum Gasteiger partial charge on any atom is -1.00 e. The quantitative estimate of drug-likeness (QED) is 0.703. The smallest absolute Gasteiger partial charge is 0.0753 e. The van der Waals surface area contributed by atoms with E-state index in [1.54, 1.807) is 0 Å². The molecule has 2 N–H and O–H groups in total. The maximum atomic E-state index is 2.26. The van der Waals surface area contributed by atoms with Crippen molar-refractivity contribution in [1.29, 1.82) is 0 Å². The van der Waals surface area contributed by atoms with Gasteiger partial charge in [0.05, 0.1) is 13.6 Å². The van der Waals surface area contributed by atoms with Gasteiger partial charge in [-0.05, 0) is 24.0 Å². The van der Waals surface area contributed by atoms with Crippen LogP contribution in [0, 0.1) is 0 Å². The number of hydrogen-bond donors (Lipinski definition) is 1. The van der Waals surface area contributed by atoms with Crippen molar-refractivity contribution in [3.05, 3.63) is 71.8 Å². The van der Waals surface area contributed by atoms with E-state index in [1.165, 1.54) is 30.5 Å². The molecule has 0 aliphatic carbocycles. The molecular formula is C17H22ClN. The highest BCUT2D eigenvalue weighted by atomic mass is 35.5. The van der Waals surface area contributed by atoms with Crippen molar-refractivity contribution in [3.8, 4) is 0 Å². The molecule has 1 nitrogen and oxygen atoms in total. The molecule has 2 rings (SSSR count). The van der Waals surface area contributed by atoms with Crippen molar-refractivity contribution < 1.29 is 17.7 Å². The van der Waals surface area contributed by atoms with Crippen LogP contribution in [0.25, 0.3) is 0 Å². The molecule has 0 saturated heterocycles. The summed E-state index contributed by atoms with van der Waals surface area (Å²) in [6.07, 6.45) is 2.48. The summed E-state index contributed by atoms with van der Waals surface area (Å²) in [7, 11) is 2.14. The summed E-state index contributed by atoms with van der Waals surface area (Å²) in [6, 6.07) is 21.7. The van der Waals surface area contributed by atoms with Crippen molar-refractivity contribution in [2.45, 2.75) is 18.8 Å². The number of quaternary nitrogens is 1. The number of benzene rings is 2. The van der Waals surface area contributed by atoms with Gasteiger partial charge >= 0.3 is 0 Å². The molecule has 0 radical (unpaired) electrons. The van der Waals surface area contributed by atoms with Gasteiger partial charge in [-0.3, -0.25) is 0 Å². The first-order valence-electron chi connectivity index (χ1n) is 6.79. The van der Waals surface area contributed by atoms with E-state index in [4.69, 9.17) is 0 Å². The molecule has 0 bridgehead atoms. The molecule has 0 aliphatic heterocycles. The van der Waals surface area contributed by atoms with Crippen LogP contribution >= 0.6 is 0 Å². The zero-order chi connectivity index (χ0) is 12.6. The number of hydrogen-bond acceptors (Lipinski definition) is 0. The average Bonchev–Trinajstić information content (AvgIpc) is 2.46. The second-order valence-corrected chi connectivity index (χ2v) is 4.71. The highest BCUT2D eigenvalue weighted by Crippen LogP contribution is 2.28. The fourth-order valence-electron chi connectivity index (χ4n) is 2.42. The Hall–Kier alpha value is -1.31. The third kappa shape index (κ3) is 4.70. The summed E-state index contributed by atoms with van der Waals surface area (Å²) >= 11 is 0. The molecule has 0 saturated carbocycles. The van der Waals surface area contributed by atoms with Crippen LogP contribution in [-0.2, 0) is 0 Å². The van der Waals surface area contributed by atoms with Crippen molar-refractivity contribution >= 4 is 0 Å². The first kappa shape index (κ1) is 15.7. The fraction of sp³-hybridized carbons (Fsp3) is 0.294. The number of rotatable bonds is 6. The monoisotopic (exact) mass is 275 g/mol. The molecule has 0 heterocycles. The van der Waals surface area contributed by atoms with Crippen LogP contribution in [0.4, 0.5) is 0 Å². The van der Waals surface area contributed by atoms with E-state index in [1.807, 2.05) is 0 Å². The zero-order valence-corrected chi connectivity index (χ0v) is 12.2. The van der Waals surface area contributed by atoms with Gasteiger partial charge in [-0.1, -0.05) is 60.7 Å². The molecule has 2 heteroatoms. The van der Waals surface area contributed by atoms with Gasteiger partial charge in [-0.15, -0.1) is 0 Å². The van der Waals surface area contributed by atoms with Crippen LogP contribution in [0.3, 0.4) is 0 Å². The van der Waals surface area contributed by atoms with Gasteiger partial charge in [0.15, 0.2) is 0 Å². The molecule has 0 fully saturated rings. The Balaban J connectivity index is 0.00000180. The van der Waals surface area contributed by atoms with E-state index in [0.29, 0.717) is 5.92 Å². The van der Waals surface area contributed by atoms with Crippen LogP contribution in [0.2, 0.25) is 0 Å². The van der Waals surface area contributed by atoms with Gasteiger partial charge in [0.1, 0.15) is 0 Å². The molecule has 2 aromatic rings. The maximum Gasteiger partial charge on any atom is 0.0753 e. The summed E-state index contributed by atoms with van der Waals surface area (Å²) in [5.74, 6) is 0.535. The third-order valence-electron chi connectivity index (χ3n) is 3.39. The summed E-state index contributed by atoms with van der Waals surface area (Å²) in [5.41, 5.74) is 2.86. The summed E-state index contributed by atoms with van der Waals surface area (Å²) in [4.78, 5) is 0. The van der Waals surface area contributed by atoms with E-state index in [2.05, 4.69) is 73.0 Å². The first-order chi connectivity index (χ1) is 8.92. The van der Waals surface area contributed by atoms with Crippen LogP contribution < -0.4 is 17.7 Å². The number of nitrogens with two attached hydrogens (primary N) is 1. The van der Waals surface area contributed by atoms with Gasteiger partial charge in [0.25, 0.3) is 0 Å². The lowest BCUT2D eigenvalue weighted by molar-refractivity contribution is -0.627. The highest BCUT2D eigenvalue weighted by molar-refractivity contribution is 5.32. The Labute approximate surface area is 122 Å². The standard InChI is InChI=1S/C17H21N.ClH/c1-18-14-8-13-17(15-9-4-2-5-10-15)16-11-6-3-7-12-16;/h2-7,9-12,17-18H,8,13-14H2,1H3;1H. The molecule has 2 aromatic carbocycles. The molecule has 102 valence electrons. The van der Waals surface area contributed by atoms with E-state index >= 15 is 0 Å². The normalized spacial score (nSPS) is 10.2. The van der Waals surface area contributed by atoms with Crippen LogP contribution in [0.15, 0.2) is 60.7 Å². The van der Waals surface area contributed by atoms with Gasteiger partial charge in [-0.25, -0.2) is 0 Å². The van der Waals surface area contributed by atoms with Gasteiger partial charge in [0.2, 0.25) is 0 Å². The maximum absolute atomic E-state index is 2.26. The molecule has 19 heavy (non-hydrogen) atoms. The Kier molecular flexibility index (Phi) is 7.24. The number of halogens is 1. The summed E-state index contributed by atoms with van der Waals surface area (Å²) in [6.45, 7) is 1.20. The van der Waals surface area contributed by atoms with Crippen molar-refractivity contribution in [1.82, 2.24) is 0 Å². The minimum absolute atomic E-state index is 0.